The van der Waals surface area contributed by atoms with E-state index in [0.717, 1.165) is 29.0 Å². The number of hydrogen-bond acceptors (Lipinski definition) is 3. The minimum absolute atomic E-state index is 0.130. The molecule has 2 aromatic carbocycles. The molecular formula is C20H21N5O. The Balaban J connectivity index is 1.40. The lowest BCUT2D eigenvalue weighted by molar-refractivity contribution is 0.262. The largest absolute Gasteiger partial charge is 0.493 e. The van der Waals surface area contributed by atoms with E-state index in [1.54, 1.807) is 6.20 Å². The third kappa shape index (κ3) is 3.54. The van der Waals surface area contributed by atoms with E-state index >= 15 is 0 Å². The summed E-state index contributed by atoms with van der Waals surface area (Å²) in [5.41, 5.74) is 9.34. The van der Waals surface area contributed by atoms with Gasteiger partial charge in [-0.25, -0.2) is 9.67 Å². The fourth-order valence-corrected chi connectivity index (χ4v) is 3.07. The van der Waals surface area contributed by atoms with Crippen molar-refractivity contribution in [2.45, 2.75) is 19.0 Å². The van der Waals surface area contributed by atoms with Crippen molar-refractivity contribution in [1.29, 1.82) is 0 Å². The first-order valence-corrected chi connectivity index (χ1v) is 8.67. The molecule has 6 heteroatoms. The maximum Gasteiger partial charge on any atom is 0.189 e. The molecule has 3 N–H and O–H groups in total. The van der Waals surface area contributed by atoms with E-state index in [-0.39, 0.29) is 6.04 Å². The standard InChI is InChI=1S/C20H21N5O/c21-20(24-18-10-13-26-19-5-2-1-4-17(18)19)22-14-15-6-8-16(9-7-15)25-12-3-11-23-25/h1-9,11-12,18H,10,13-14H2,(H3,21,22,24). The monoisotopic (exact) mass is 347 g/mol. The lowest BCUT2D eigenvalue weighted by Crippen LogP contribution is -2.37. The summed E-state index contributed by atoms with van der Waals surface area (Å²) in [6, 6.07) is 18.2. The lowest BCUT2D eigenvalue weighted by atomic mass is 10.0. The van der Waals surface area contributed by atoms with E-state index in [1.165, 1.54) is 0 Å². The van der Waals surface area contributed by atoms with E-state index in [9.17, 15) is 0 Å². The topological polar surface area (TPSA) is 77.5 Å². The van der Waals surface area contributed by atoms with Crippen molar-refractivity contribution in [3.05, 3.63) is 78.1 Å². The number of guanidine groups is 1. The molecule has 1 aliphatic rings. The van der Waals surface area contributed by atoms with Crippen LogP contribution in [0.4, 0.5) is 0 Å². The summed E-state index contributed by atoms with van der Waals surface area (Å²) in [6.07, 6.45) is 4.55. The normalized spacial score (nSPS) is 16.6. The van der Waals surface area contributed by atoms with Crippen LogP contribution in [0, 0.1) is 0 Å². The molecule has 1 aromatic heterocycles. The first-order chi connectivity index (χ1) is 12.8. The van der Waals surface area contributed by atoms with Crippen LogP contribution in [-0.4, -0.2) is 22.3 Å². The highest BCUT2D eigenvalue weighted by atomic mass is 16.5. The molecule has 6 nitrogen and oxygen atoms in total. The third-order valence-electron chi connectivity index (χ3n) is 4.42. The van der Waals surface area contributed by atoms with E-state index in [1.807, 2.05) is 59.4 Å². The van der Waals surface area contributed by atoms with Crippen molar-refractivity contribution >= 4 is 5.96 Å². The summed E-state index contributed by atoms with van der Waals surface area (Å²) in [5, 5.41) is 7.54. The third-order valence-corrected chi connectivity index (χ3v) is 4.42. The second-order valence-electron chi connectivity index (χ2n) is 6.19. The molecule has 26 heavy (non-hydrogen) atoms. The maximum absolute atomic E-state index is 6.10. The number of aliphatic imine (C=N–C) groups is 1. The van der Waals surface area contributed by atoms with Gasteiger partial charge in [-0.1, -0.05) is 30.3 Å². The van der Waals surface area contributed by atoms with E-state index in [0.29, 0.717) is 19.1 Å². The van der Waals surface area contributed by atoms with Gasteiger partial charge in [0.1, 0.15) is 5.75 Å². The molecule has 3 aromatic rings. The Kier molecular flexibility index (Phi) is 4.55. The number of benzene rings is 2. The summed E-state index contributed by atoms with van der Waals surface area (Å²) in [4.78, 5) is 4.47. The van der Waals surface area contributed by atoms with Crippen LogP contribution in [0.3, 0.4) is 0 Å². The van der Waals surface area contributed by atoms with Crippen LogP contribution >= 0.6 is 0 Å². The van der Waals surface area contributed by atoms with Gasteiger partial charge in [0.2, 0.25) is 0 Å². The smallest absolute Gasteiger partial charge is 0.189 e. The Bertz CT molecular complexity index is 887. The SMILES string of the molecule is NC(=NCc1ccc(-n2cccn2)cc1)NC1CCOc2ccccc21. The second-order valence-corrected chi connectivity index (χ2v) is 6.19. The van der Waals surface area contributed by atoms with Gasteiger partial charge < -0.3 is 15.8 Å². The zero-order chi connectivity index (χ0) is 17.8. The predicted molar refractivity (Wildman–Crippen MR) is 101 cm³/mol. The number of rotatable bonds is 4. The molecule has 0 radical (unpaired) electrons. The van der Waals surface area contributed by atoms with Gasteiger partial charge in [0, 0.05) is 24.4 Å². The highest BCUT2D eigenvalue weighted by molar-refractivity contribution is 5.78. The molecule has 0 saturated heterocycles. The molecule has 0 aliphatic carbocycles. The van der Waals surface area contributed by atoms with Gasteiger partial charge in [-0.05, 0) is 29.8 Å². The quantitative estimate of drug-likeness (QED) is 0.562. The number of aromatic nitrogens is 2. The van der Waals surface area contributed by atoms with Gasteiger partial charge in [-0.2, -0.15) is 5.10 Å². The number of ether oxygens (including phenoxy) is 1. The second kappa shape index (κ2) is 7.31. The molecule has 0 amide bonds. The highest BCUT2D eigenvalue weighted by Gasteiger charge is 2.21. The summed E-state index contributed by atoms with van der Waals surface area (Å²) >= 11 is 0. The van der Waals surface area contributed by atoms with E-state index < -0.39 is 0 Å². The molecule has 0 fully saturated rings. The van der Waals surface area contributed by atoms with Crippen molar-refractivity contribution in [2.24, 2.45) is 10.7 Å². The molecule has 0 saturated carbocycles. The van der Waals surface area contributed by atoms with Crippen LogP contribution in [0.5, 0.6) is 5.75 Å². The number of fused-ring (bicyclic) bond motifs is 1. The van der Waals surface area contributed by atoms with Crippen LogP contribution in [0.25, 0.3) is 5.69 Å². The van der Waals surface area contributed by atoms with E-state index in [4.69, 9.17) is 10.5 Å². The number of nitrogens with two attached hydrogens (primary N) is 1. The van der Waals surface area contributed by atoms with Gasteiger partial charge in [-0.3, -0.25) is 0 Å². The fraction of sp³-hybridized carbons (Fsp3) is 0.200. The number of nitrogens with zero attached hydrogens (tertiary/aromatic N) is 3. The van der Waals surface area contributed by atoms with Gasteiger partial charge in [-0.15, -0.1) is 0 Å². The van der Waals surface area contributed by atoms with Crippen molar-refractivity contribution in [1.82, 2.24) is 15.1 Å². The van der Waals surface area contributed by atoms with Crippen molar-refractivity contribution in [3.8, 4) is 11.4 Å². The van der Waals surface area contributed by atoms with Crippen LogP contribution in [-0.2, 0) is 6.54 Å². The molecule has 1 aliphatic heterocycles. The van der Waals surface area contributed by atoms with Gasteiger partial charge in [0.25, 0.3) is 0 Å². The molecule has 0 spiro atoms. The first-order valence-electron chi connectivity index (χ1n) is 8.67. The Morgan fingerprint density at radius 3 is 2.85 bits per heavy atom. The molecule has 132 valence electrons. The maximum atomic E-state index is 6.10. The van der Waals surface area contributed by atoms with Crippen molar-refractivity contribution in [3.63, 3.8) is 0 Å². The molecule has 0 bridgehead atoms. The Morgan fingerprint density at radius 2 is 2.04 bits per heavy atom. The lowest BCUT2D eigenvalue weighted by Gasteiger charge is -2.26. The average Bonchev–Trinajstić information content (AvgIpc) is 3.22. The molecule has 4 rings (SSSR count). The van der Waals surface area contributed by atoms with Gasteiger partial charge >= 0.3 is 0 Å². The number of hydrogen-bond donors (Lipinski definition) is 2. The minimum atomic E-state index is 0.130. The summed E-state index contributed by atoms with van der Waals surface area (Å²) in [5.74, 6) is 1.36. The van der Waals surface area contributed by atoms with Crippen LogP contribution in [0.2, 0.25) is 0 Å². The Labute approximate surface area is 152 Å². The van der Waals surface area contributed by atoms with Crippen molar-refractivity contribution < 1.29 is 4.74 Å². The number of nitrogens with one attached hydrogen (secondary N) is 1. The molecule has 1 atom stereocenters. The van der Waals surface area contributed by atoms with E-state index in [2.05, 4.69) is 21.5 Å². The zero-order valence-corrected chi connectivity index (χ0v) is 14.4. The average molecular weight is 347 g/mol. The van der Waals surface area contributed by atoms with Crippen LogP contribution in [0.1, 0.15) is 23.6 Å². The first kappa shape index (κ1) is 16.2. The highest BCUT2D eigenvalue weighted by Crippen LogP contribution is 2.31. The molecule has 2 heterocycles. The molecular weight excluding hydrogens is 326 g/mol. The van der Waals surface area contributed by atoms with Crippen molar-refractivity contribution in [2.75, 3.05) is 6.61 Å². The minimum Gasteiger partial charge on any atom is -0.493 e. The summed E-state index contributed by atoms with van der Waals surface area (Å²) < 4.78 is 7.50. The number of para-hydroxylation sites is 1. The summed E-state index contributed by atoms with van der Waals surface area (Å²) in [7, 11) is 0. The van der Waals surface area contributed by atoms with Gasteiger partial charge in [0.15, 0.2) is 5.96 Å². The Hall–Kier alpha value is -3.28. The summed E-state index contributed by atoms with van der Waals surface area (Å²) in [6.45, 7) is 1.21. The van der Waals surface area contributed by atoms with Crippen LogP contribution in [0.15, 0.2) is 72.0 Å². The molecule has 1 unspecified atom stereocenters. The van der Waals surface area contributed by atoms with Gasteiger partial charge in [0.05, 0.1) is 24.9 Å². The zero-order valence-electron chi connectivity index (χ0n) is 14.4. The Morgan fingerprint density at radius 1 is 1.19 bits per heavy atom. The predicted octanol–water partition coefficient (Wildman–Crippen LogP) is 2.80. The fourth-order valence-electron chi connectivity index (χ4n) is 3.07. The van der Waals surface area contributed by atoms with Crippen LogP contribution < -0.4 is 15.8 Å².